The summed E-state index contributed by atoms with van der Waals surface area (Å²) in [6.07, 6.45) is 2.45. The molecule has 1 aliphatic carbocycles. The van der Waals surface area contributed by atoms with Crippen molar-refractivity contribution in [2.45, 2.75) is 6.42 Å². The van der Waals surface area contributed by atoms with Crippen LogP contribution in [0.1, 0.15) is 21.5 Å². The first-order valence-electron chi connectivity index (χ1n) is 7.63. The lowest BCUT2D eigenvalue weighted by molar-refractivity contribution is 0.105. The second-order valence-corrected chi connectivity index (χ2v) is 6.30. The van der Waals surface area contributed by atoms with Crippen LogP contribution < -0.4 is 14.8 Å². The van der Waals surface area contributed by atoms with Gasteiger partial charge in [-0.05, 0) is 24.1 Å². The lowest BCUT2D eigenvalue weighted by atomic mass is 10.1. The lowest BCUT2D eigenvalue weighted by Crippen LogP contribution is -2.15. The van der Waals surface area contributed by atoms with Crippen LogP contribution in [0, 0.1) is 0 Å². The molecule has 0 unspecified atom stereocenters. The fourth-order valence-electron chi connectivity index (χ4n) is 2.79. The number of hydrogen-bond donors (Lipinski definition) is 1. The molecule has 24 heavy (non-hydrogen) atoms. The monoisotopic (exact) mass is 387 g/mol. The third-order valence-electron chi connectivity index (χ3n) is 4.02. The molecule has 2 aromatic carbocycles. The molecule has 0 saturated heterocycles. The second-order valence-electron chi connectivity index (χ2n) is 5.44. The fraction of sp³-hybridized carbons (Fsp3) is 0.211. The molecule has 5 heteroatoms. The van der Waals surface area contributed by atoms with Crippen LogP contribution in [0.4, 0.5) is 0 Å². The Labute approximate surface area is 149 Å². The van der Waals surface area contributed by atoms with Crippen LogP contribution in [0.5, 0.6) is 11.5 Å². The molecule has 0 spiro atoms. The lowest BCUT2D eigenvalue weighted by Gasteiger charge is -2.13. The molecule has 0 fully saturated rings. The molecule has 0 bridgehead atoms. The molecular formula is C19H18BrNO3. The largest absolute Gasteiger partial charge is 0.493 e. The molecule has 0 amide bonds. The summed E-state index contributed by atoms with van der Waals surface area (Å²) in [5.41, 5.74) is 3.71. The number of hydrogen-bond acceptors (Lipinski definition) is 4. The molecule has 124 valence electrons. The van der Waals surface area contributed by atoms with E-state index >= 15 is 0 Å². The Bertz CT molecular complexity index is 814. The molecule has 0 heterocycles. The zero-order valence-electron chi connectivity index (χ0n) is 13.6. The highest BCUT2D eigenvalue weighted by Gasteiger charge is 2.20. The predicted molar refractivity (Wildman–Crippen MR) is 97.7 cm³/mol. The zero-order chi connectivity index (χ0) is 17.1. The van der Waals surface area contributed by atoms with Gasteiger partial charge < -0.3 is 14.8 Å². The summed E-state index contributed by atoms with van der Waals surface area (Å²) in [5.74, 6) is 1.45. The van der Waals surface area contributed by atoms with Crippen molar-refractivity contribution in [2.75, 3.05) is 20.8 Å². The van der Waals surface area contributed by atoms with Crippen LogP contribution in [0.25, 0.3) is 5.70 Å². The Kier molecular flexibility index (Phi) is 4.90. The van der Waals surface area contributed by atoms with Crippen LogP contribution in [0.2, 0.25) is 0 Å². The van der Waals surface area contributed by atoms with E-state index in [9.17, 15) is 4.79 Å². The molecule has 0 saturated carbocycles. The number of carbonyl (C=O) groups is 1. The first-order chi connectivity index (χ1) is 11.6. The Balaban J connectivity index is 1.70. The molecule has 2 aromatic rings. The van der Waals surface area contributed by atoms with Crippen molar-refractivity contribution in [1.29, 1.82) is 0 Å². The second kappa shape index (κ2) is 7.09. The third kappa shape index (κ3) is 3.17. The predicted octanol–water partition coefficient (Wildman–Crippen LogP) is 3.84. The van der Waals surface area contributed by atoms with Gasteiger partial charge in [0.2, 0.25) is 0 Å². The van der Waals surface area contributed by atoms with E-state index in [2.05, 4.69) is 21.2 Å². The quantitative estimate of drug-likeness (QED) is 0.817. The first-order valence-corrected chi connectivity index (χ1v) is 8.43. The summed E-state index contributed by atoms with van der Waals surface area (Å²) in [6.45, 7) is 0.710. The number of carbonyl (C=O) groups excluding carboxylic acids is 1. The number of halogens is 1. The topological polar surface area (TPSA) is 47.6 Å². The van der Waals surface area contributed by atoms with Gasteiger partial charge in [0.1, 0.15) is 0 Å². The van der Waals surface area contributed by atoms with Gasteiger partial charge in [-0.25, -0.2) is 0 Å². The van der Waals surface area contributed by atoms with E-state index in [1.165, 1.54) is 0 Å². The minimum Gasteiger partial charge on any atom is -0.493 e. The number of fused-ring (bicyclic) bond motifs is 1. The minimum absolute atomic E-state index is 0.0559. The van der Waals surface area contributed by atoms with Gasteiger partial charge >= 0.3 is 0 Å². The highest BCUT2D eigenvalue weighted by atomic mass is 79.9. The zero-order valence-corrected chi connectivity index (χ0v) is 15.1. The molecule has 0 aromatic heterocycles. The average molecular weight is 388 g/mol. The molecule has 0 aliphatic heterocycles. The van der Waals surface area contributed by atoms with Crippen LogP contribution in [-0.4, -0.2) is 26.5 Å². The van der Waals surface area contributed by atoms with Crippen molar-refractivity contribution in [3.05, 3.63) is 63.6 Å². The maximum absolute atomic E-state index is 12.0. The van der Waals surface area contributed by atoms with Gasteiger partial charge in [0.15, 0.2) is 17.3 Å². The standard InChI is InChI=1S/C19H18BrNO3/c1-23-18-9-12(15(20)10-19(18)24-2)7-8-21-16-11-17(22)14-6-4-3-5-13(14)16/h3-6,9-11,21H,7-8H2,1-2H3. The van der Waals surface area contributed by atoms with Crippen LogP contribution in [-0.2, 0) is 6.42 Å². The maximum Gasteiger partial charge on any atom is 0.188 e. The minimum atomic E-state index is 0.0559. The summed E-state index contributed by atoms with van der Waals surface area (Å²) in [4.78, 5) is 12.0. The van der Waals surface area contributed by atoms with Crippen molar-refractivity contribution in [1.82, 2.24) is 5.32 Å². The van der Waals surface area contributed by atoms with Crippen LogP contribution in [0.3, 0.4) is 0 Å². The normalized spacial score (nSPS) is 12.6. The highest BCUT2D eigenvalue weighted by Crippen LogP contribution is 2.33. The van der Waals surface area contributed by atoms with E-state index in [-0.39, 0.29) is 5.78 Å². The summed E-state index contributed by atoms with van der Waals surface area (Å²) < 4.78 is 11.6. The number of methoxy groups -OCH3 is 2. The Morgan fingerprint density at radius 1 is 1.04 bits per heavy atom. The van der Waals surface area contributed by atoms with E-state index in [0.717, 1.165) is 33.3 Å². The van der Waals surface area contributed by atoms with Gasteiger partial charge in [-0.15, -0.1) is 0 Å². The van der Waals surface area contributed by atoms with E-state index in [4.69, 9.17) is 9.47 Å². The molecular weight excluding hydrogens is 370 g/mol. The first kappa shape index (κ1) is 16.6. The number of rotatable bonds is 6. The van der Waals surface area contributed by atoms with Gasteiger partial charge in [-0.1, -0.05) is 40.2 Å². The molecule has 4 nitrogen and oxygen atoms in total. The molecule has 3 rings (SSSR count). The van der Waals surface area contributed by atoms with Gasteiger partial charge in [0.05, 0.1) is 14.2 Å². The van der Waals surface area contributed by atoms with Crippen molar-refractivity contribution in [2.24, 2.45) is 0 Å². The van der Waals surface area contributed by atoms with Crippen LogP contribution >= 0.6 is 15.9 Å². The number of nitrogens with one attached hydrogen (secondary N) is 1. The van der Waals surface area contributed by atoms with Crippen molar-refractivity contribution in [3.8, 4) is 11.5 Å². The summed E-state index contributed by atoms with van der Waals surface area (Å²) in [5, 5.41) is 3.36. The average Bonchev–Trinajstić information content (AvgIpc) is 2.92. The SMILES string of the molecule is COc1cc(Br)c(CCNC2=CC(=O)c3ccccc32)cc1OC. The van der Waals surface area contributed by atoms with Crippen molar-refractivity contribution >= 4 is 27.4 Å². The van der Waals surface area contributed by atoms with E-state index in [1.807, 2.05) is 36.4 Å². The molecule has 0 atom stereocenters. The Hall–Kier alpha value is -2.27. The Morgan fingerprint density at radius 2 is 1.71 bits per heavy atom. The number of ketones is 1. The molecule has 0 radical (unpaired) electrons. The summed E-state index contributed by atoms with van der Waals surface area (Å²) in [7, 11) is 3.24. The molecule has 1 aliphatic rings. The highest BCUT2D eigenvalue weighted by molar-refractivity contribution is 9.10. The van der Waals surface area contributed by atoms with Crippen molar-refractivity contribution < 1.29 is 14.3 Å². The van der Waals surface area contributed by atoms with Crippen LogP contribution in [0.15, 0.2) is 46.9 Å². The van der Waals surface area contributed by atoms with Gasteiger partial charge in [0.25, 0.3) is 0 Å². The van der Waals surface area contributed by atoms with Gasteiger partial charge in [-0.2, -0.15) is 0 Å². The number of allylic oxidation sites excluding steroid dienone is 1. The van der Waals surface area contributed by atoms with Gasteiger partial charge in [-0.3, -0.25) is 4.79 Å². The van der Waals surface area contributed by atoms with E-state index < -0.39 is 0 Å². The van der Waals surface area contributed by atoms with Crippen molar-refractivity contribution in [3.63, 3.8) is 0 Å². The summed E-state index contributed by atoms with van der Waals surface area (Å²) in [6, 6.07) is 11.5. The molecule has 1 N–H and O–H groups in total. The summed E-state index contributed by atoms with van der Waals surface area (Å²) >= 11 is 3.57. The fourth-order valence-corrected chi connectivity index (χ4v) is 3.31. The van der Waals surface area contributed by atoms with Gasteiger partial charge in [0, 0.05) is 33.9 Å². The third-order valence-corrected chi connectivity index (χ3v) is 4.76. The van der Waals surface area contributed by atoms with E-state index in [1.54, 1.807) is 20.3 Å². The Morgan fingerprint density at radius 3 is 2.42 bits per heavy atom. The maximum atomic E-state index is 12.0. The van der Waals surface area contributed by atoms with E-state index in [0.29, 0.717) is 18.0 Å². The smallest absolute Gasteiger partial charge is 0.188 e. The number of benzene rings is 2. The number of ether oxygens (including phenoxy) is 2.